The fourth-order valence-corrected chi connectivity index (χ4v) is 2.56. The molecule has 6 heteroatoms. The van der Waals surface area contributed by atoms with Gasteiger partial charge in [0.05, 0.1) is 18.0 Å². The Balaban J connectivity index is 2.07. The van der Waals surface area contributed by atoms with Crippen molar-refractivity contribution >= 4 is 11.7 Å². The van der Waals surface area contributed by atoms with Crippen LogP contribution in [0.15, 0.2) is 17.1 Å². The lowest BCUT2D eigenvalue weighted by molar-refractivity contribution is -0.148. The van der Waals surface area contributed by atoms with E-state index in [0.29, 0.717) is 5.92 Å². The summed E-state index contributed by atoms with van der Waals surface area (Å²) in [5, 5.41) is 4.09. The van der Waals surface area contributed by atoms with Gasteiger partial charge in [-0.25, -0.2) is 4.68 Å². The number of hydrogen-bond donors (Lipinski definition) is 0. The Hall–Kier alpha value is -1.85. The second-order valence-electron chi connectivity index (χ2n) is 5.94. The topological polar surface area (TPSA) is 64.4 Å². The van der Waals surface area contributed by atoms with Gasteiger partial charge in [0.2, 0.25) is 0 Å². The summed E-state index contributed by atoms with van der Waals surface area (Å²) in [6, 6.07) is 1.55. The molecule has 1 fully saturated rings. The lowest BCUT2D eigenvalue weighted by atomic mass is 10.00. The number of carbonyl (C=O) groups excluding carboxylic acids is 1. The van der Waals surface area contributed by atoms with Gasteiger partial charge < -0.3 is 9.64 Å². The highest BCUT2D eigenvalue weighted by Crippen LogP contribution is 2.20. The SMILES string of the molecule is CC1CCCN(c2cnn(CC(=O)OC(C)C)c(=O)c2)C1. The molecule has 1 unspecified atom stereocenters. The molecular formula is C15H23N3O3. The Morgan fingerprint density at radius 3 is 2.90 bits per heavy atom. The van der Waals surface area contributed by atoms with Crippen molar-refractivity contribution in [3.63, 3.8) is 0 Å². The van der Waals surface area contributed by atoms with Crippen LogP contribution in [0, 0.1) is 5.92 Å². The smallest absolute Gasteiger partial charge is 0.328 e. The highest BCUT2D eigenvalue weighted by Gasteiger charge is 2.18. The van der Waals surface area contributed by atoms with Crippen molar-refractivity contribution in [3.8, 4) is 0 Å². The van der Waals surface area contributed by atoms with E-state index in [1.807, 2.05) is 0 Å². The van der Waals surface area contributed by atoms with Crippen molar-refractivity contribution in [2.45, 2.75) is 46.3 Å². The van der Waals surface area contributed by atoms with Crippen molar-refractivity contribution in [1.82, 2.24) is 9.78 Å². The zero-order valence-electron chi connectivity index (χ0n) is 12.9. The molecule has 0 radical (unpaired) electrons. The quantitative estimate of drug-likeness (QED) is 0.786. The second kappa shape index (κ2) is 6.74. The maximum atomic E-state index is 12.1. The molecule has 1 atom stereocenters. The van der Waals surface area contributed by atoms with Crippen molar-refractivity contribution in [2.75, 3.05) is 18.0 Å². The normalized spacial score (nSPS) is 18.9. The minimum Gasteiger partial charge on any atom is -0.462 e. The lowest BCUT2D eigenvalue weighted by Gasteiger charge is -2.32. The monoisotopic (exact) mass is 293 g/mol. The standard InChI is InChI=1S/C15H23N3O3/c1-11(2)21-15(20)10-18-14(19)7-13(8-16-18)17-6-4-5-12(3)9-17/h7-8,11-12H,4-6,9-10H2,1-3H3. The van der Waals surface area contributed by atoms with Gasteiger partial charge >= 0.3 is 5.97 Å². The van der Waals surface area contributed by atoms with E-state index >= 15 is 0 Å². The number of aromatic nitrogens is 2. The first-order valence-corrected chi connectivity index (χ1v) is 7.47. The van der Waals surface area contributed by atoms with Gasteiger partial charge in [0.1, 0.15) is 6.54 Å². The largest absolute Gasteiger partial charge is 0.462 e. The van der Waals surface area contributed by atoms with E-state index in [-0.39, 0.29) is 18.2 Å². The summed E-state index contributed by atoms with van der Waals surface area (Å²) in [7, 11) is 0. The molecule has 1 saturated heterocycles. The number of anilines is 1. The molecule has 21 heavy (non-hydrogen) atoms. The summed E-state index contributed by atoms with van der Waals surface area (Å²) in [4.78, 5) is 25.8. The number of piperidine rings is 1. The molecule has 1 aromatic rings. The Morgan fingerprint density at radius 2 is 2.29 bits per heavy atom. The van der Waals surface area contributed by atoms with Crippen LogP contribution in [-0.4, -0.2) is 34.9 Å². The third kappa shape index (κ3) is 4.31. The van der Waals surface area contributed by atoms with E-state index in [1.165, 1.54) is 6.42 Å². The Labute approximate surface area is 124 Å². The first kappa shape index (κ1) is 15.5. The molecule has 0 spiro atoms. The van der Waals surface area contributed by atoms with Crippen LogP contribution in [0.2, 0.25) is 0 Å². The van der Waals surface area contributed by atoms with Gasteiger partial charge in [0, 0.05) is 19.2 Å². The number of ether oxygens (including phenoxy) is 1. The van der Waals surface area contributed by atoms with Crippen molar-refractivity contribution in [1.29, 1.82) is 0 Å². The van der Waals surface area contributed by atoms with E-state index < -0.39 is 5.97 Å². The molecule has 1 aliphatic heterocycles. The number of nitrogens with zero attached hydrogens (tertiary/aromatic N) is 3. The minimum absolute atomic E-state index is 0.145. The van der Waals surface area contributed by atoms with Crippen molar-refractivity contribution in [2.24, 2.45) is 5.92 Å². The number of esters is 1. The van der Waals surface area contributed by atoms with Crippen LogP contribution in [0.4, 0.5) is 5.69 Å². The third-order valence-corrected chi connectivity index (χ3v) is 3.52. The van der Waals surface area contributed by atoms with Crippen LogP contribution in [0.3, 0.4) is 0 Å². The zero-order valence-corrected chi connectivity index (χ0v) is 12.9. The third-order valence-electron chi connectivity index (χ3n) is 3.52. The van der Waals surface area contributed by atoms with Crippen LogP contribution in [0.5, 0.6) is 0 Å². The van der Waals surface area contributed by atoms with Gasteiger partial charge in [-0.1, -0.05) is 6.92 Å². The molecule has 0 aliphatic carbocycles. The first-order chi connectivity index (χ1) is 9.95. The summed E-state index contributed by atoms with van der Waals surface area (Å²) in [6.45, 7) is 7.51. The van der Waals surface area contributed by atoms with E-state index in [0.717, 1.165) is 29.9 Å². The number of carbonyl (C=O) groups is 1. The van der Waals surface area contributed by atoms with Crippen LogP contribution >= 0.6 is 0 Å². The van der Waals surface area contributed by atoms with Crippen LogP contribution in [-0.2, 0) is 16.1 Å². The molecule has 1 aromatic heterocycles. The van der Waals surface area contributed by atoms with Crippen LogP contribution in [0.1, 0.15) is 33.6 Å². The molecule has 0 saturated carbocycles. The summed E-state index contributed by atoms with van der Waals surface area (Å²) < 4.78 is 6.16. The summed E-state index contributed by atoms with van der Waals surface area (Å²) >= 11 is 0. The van der Waals surface area contributed by atoms with E-state index in [2.05, 4.69) is 16.9 Å². The molecule has 1 aliphatic rings. The summed E-state index contributed by atoms with van der Waals surface area (Å²) in [5.74, 6) is 0.182. The molecule has 2 heterocycles. The van der Waals surface area contributed by atoms with Gasteiger partial charge in [-0.05, 0) is 32.6 Å². The van der Waals surface area contributed by atoms with E-state index in [9.17, 15) is 9.59 Å². The highest BCUT2D eigenvalue weighted by molar-refractivity contribution is 5.69. The van der Waals surface area contributed by atoms with Crippen molar-refractivity contribution in [3.05, 3.63) is 22.6 Å². The molecule has 0 aromatic carbocycles. The minimum atomic E-state index is -0.445. The molecule has 0 N–H and O–H groups in total. The zero-order chi connectivity index (χ0) is 15.4. The Morgan fingerprint density at radius 1 is 1.52 bits per heavy atom. The lowest BCUT2D eigenvalue weighted by Crippen LogP contribution is -2.36. The Bertz CT molecular complexity index is 553. The van der Waals surface area contributed by atoms with Gasteiger partial charge in [0.15, 0.2) is 0 Å². The van der Waals surface area contributed by atoms with Gasteiger partial charge in [-0.3, -0.25) is 9.59 Å². The van der Waals surface area contributed by atoms with Crippen molar-refractivity contribution < 1.29 is 9.53 Å². The predicted octanol–water partition coefficient (Wildman–Crippen LogP) is 1.43. The van der Waals surface area contributed by atoms with Gasteiger partial charge in [0.25, 0.3) is 5.56 Å². The van der Waals surface area contributed by atoms with Crippen LogP contribution in [0.25, 0.3) is 0 Å². The maximum absolute atomic E-state index is 12.1. The fraction of sp³-hybridized carbons (Fsp3) is 0.667. The average molecular weight is 293 g/mol. The summed E-state index contributed by atoms with van der Waals surface area (Å²) in [6.07, 6.45) is 3.82. The van der Waals surface area contributed by atoms with E-state index in [4.69, 9.17) is 4.74 Å². The first-order valence-electron chi connectivity index (χ1n) is 7.47. The molecule has 2 rings (SSSR count). The molecule has 116 valence electrons. The molecule has 0 amide bonds. The average Bonchev–Trinajstić information content (AvgIpc) is 2.40. The number of rotatable bonds is 4. The maximum Gasteiger partial charge on any atom is 0.328 e. The van der Waals surface area contributed by atoms with Gasteiger partial charge in [-0.15, -0.1) is 0 Å². The number of hydrogen-bond acceptors (Lipinski definition) is 5. The van der Waals surface area contributed by atoms with Gasteiger partial charge in [-0.2, -0.15) is 5.10 Å². The molecular weight excluding hydrogens is 270 g/mol. The molecule has 6 nitrogen and oxygen atoms in total. The summed E-state index contributed by atoms with van der Waals surface area (Å²) in [5.41, 5.74) is 0.562. The van der Waals surface area contributed by atoms with Crippen LogP contribution < -0.4 is 10.5 Å². The predicted molar refractivity (Wildman–Crippen MR) is 80.3 cm³/mol. The Kier molecular flexibility index (Phi) is 4.98. The second-order valence-corrected chi connectivity index (χ2v) is 5.94. The highest BCUT2D eigenvalue weighted by atomic mass is 16.5. The fourth-order valence-electron chi connectivity index (χ4n) is 2.56. The molecule has 0 bridgehead atoms. The van der Waals surface area contributed by atoms with E-state index in [1.54, 1.807) is 26.1 Å².